The second kappa shape index (κ2) is 6.54. The molecule has 1 aromatic heterocycles. The number of thiophene rings is 1. The molecule has 0 unspecified atom stereocenters. The van der Waals surface area contributed by atoms with E-state index < -0.39 is 33.9 Å². The molecule has 0 saturated carbocycles. The zero-order valence-electron chi connectivity index (χ0n) is 12.0. The van der Waals surface area contributed by atoms with Gasteiger partial charge < -0.3 is 9.84 Å². The van der Waals surface area contributed by atoms with Crippen LogP contribution in [0.4, 0.5) is 0 Å². The molecule has 0 aliphatic rings. The molecule has 9 heteroatoms. The third-order valence-corrected chi connectivity index (χ3v) is 5.61. The molecule has 0 saturated heterocycles. The Kier molecular flexibility index (Phi) is 5.48. The number of sulfonamides is 1. The van der Waals surface area contributed by atoms with Crippen LogP contribution in [0.25, 0.3) is 0 Å². The van der Waals surface area contributed by atoms with Gasteiger partial charge in [0.25, 0.3) is 0 Å². The van der Waals surface area contributed by atoms with E-state index >= 15 is 0 Å². The Morgan fingerprint density at radius 3 is 2.38 bits per heavy atom. The van der Waals surface area contributed by atoms with Gasteiger partial charge in [0.1, 0.15) is 15.8 Å². The Morgan fingerprint density at radius 1 is 1.38 bits per heavy atom. The van der Waals surface area contributed by atoms with E-state index in [1.807, 2.05) is 0 Å². The number of esters is 1. The lowest BCUT2D eigenvalue weighted by molar-refractivity contribution is -0.140. The molecule has 21 heavy (non-hydrogen) atoms. The molecular formula is C12H17NO6S2. The van der Waals surface area contributed by atoms with Crippen LogP contribution in [0.2, 0.25) is 0 Å². The molecule has 0 bridgehead atoms. The molecule has 0 fully saturated rings. The lowest BCUT2D eigenvalue weighted by Gasteiger charge is -2.18. The van der Waals surface area contributed by atoms with Crippen molar-refractivity contribution in [2.45, 2.75) is 31.7 Å². The SMILES string of the molecule is COC(=O)c1scc(C)c1S(=O)(=O)N[C@@H](C(=O)O)C(C)C. The standard InChI is InChI=1S/C12H17NO6S2/c1-6(2)8(11(14)15)13-21(17,18)10-7(3)5-20-9(10)12(16)19-4/h5-6,8,13H,1-4H3,(H,14,15)/t8-/m1/s1. The molecular weight excluding hydrogens is 318 g/mol. The molecule has 0 radical (unpaired) electrons. The van der Waals surface area contributed by atoms with Crippen molar-refractivity contribution in [3.63, 3.8) is 0 Å². The molecule has 1 atom stereocenters. The van der Waals surface area contributed by atoms with Gasteiger partial charge in [0.05, 0.1) is 7.11 Å². The highest BCUT2D eigenvalue weighted by molar-refractivity contribution is 7.89. The summed E-state index contributed by atoms with van der Waals surface area (Å²) in [6, 6.07) is -1.28. The van der Waals surface area contributed by atoms with E-state index in [1.54, 1.807) is 13.8 Å². The highest BCUT2D eigenvalue weighted by atomic mass is 32.2. The van der Waals surface area contributed by atoms with Gasteiger partial charge >= 0.3 is 11.9 Å². The van der Waals surface area contributed by atoms with Gasteiger partial charge in [-0.25, -0.2) is 13.2 Å². The summed E-state index contributed by atoms with van der Waals surface area (Å²) in [5.74, 6) is -2.50. The van der Waals surface area contributed by atoms with Gasteiger partial charge in [-0.15, -0.1) is 11.3 Å². The zero-order valence-corrected chi connectivity index (χ0v) is 13.7. The van der Waals surface area contributed by atoms with Gasteiger partial charge in [0.2, 0.25) is 10.0 Å². The van der Waals surface area contributed by atoms with Crippen LogP contribution in [0.3, 0.4) is 0 Å². The Bertz CT molecular complexity index is 647. The minimum absolute atomic E-state index is 0.0737. The molecule has 1 aromatic rings. The fourth-order valence-electron chi connectivity index (χ4n) is 1.70. The number of nitrogens with one attached hydrogen (secondary N) is 1. The predicted octanol–water partition coefficient (Wildman–Crippen LogP) is 1.23. The molecule has 7 nitrogen and oxygen atoms in total. The largest absolute Gasteiger partial charge is 0.480 e. The quantitative estimate of drug-likeness (QED) is 0.757. The lowest BCUT2D eigenvalue weighted by Crippen LogP contribution is -2.44. The molecule has 118 valence electrons. The van der Waals surface area contributed by atoms with Gasteiger partial charge in [0.15, 0.2) is 0 Å². The average Bonchev–Trinajstić information content (AvgIpc) is 2.77. The first kappa shape index (κ1) is 17.6. The van der Waals surface area contributed by atoms with Gasteiger partial charge in [-0.3, -0.25) is 4.79 Å². The van der Waals surface area contributed by atoms with Crippen LogP contribution in [-0.2, 0) is 19.6 Å². The minimum atomic E-state index is -4.14. The summed E-state index contributed by atoms with van der Waals surface area (Å²) in [6.07, 6.45) is 0. The molecule has 0 aliphatic heterocycles. The normalized spacial score (nSPS) is 13.2. The summed E-state index contributed by atoms with van der Waals surface area (Å²) in [7, 11) is -3.00. The fourth-order valence-corrected chi connectivity index (χ4v) is 4.74. The van der Waals surface area contributed by atoms with Crippen molar-refractivity contribution in [1.29, 1.82) is 0 Å². The molecule has 0 spiro atoms. The van der Waals surface area contributed by atoms with E-state index in [9.17, 15) is 18.0 Å². The summed E-state index contributed by atoms with van der Waals surface area (Å²) in [5, 5.41) is 10.6. The van der Waals surface area contributed by atoms with E-state index in [-0.39, 0.29) is 9.77 Å². The molecule has 2 N–H and O–H groups in total. The van der Waals surface area contributed by atoms with E-state index in [4.69, 9.17) is 5.11 Å². The van der Waals surface area contributed by atoms with Crippen LogP contribution >= 0.6 is 11.3 Å². The van der Waals surface area contributed by atoms with Crippen molar-refractivity contribution in [2.24, 2.45) is 5.92 Å². The van der Waals surface area contributed by atoms with Gasteiger partial charge in [-0.2, -0.15) is 4.72 Å². The number of aliphatic carboxylic acids is 1. The third-order valence-electron chi connectivity index (χ3n) is 2.77. The summed E-state index contributed by atoms with van der Waals surface area (Å²) in [5.41, 5.74) is 0.362. The number of carbonyl (C=O) groups is 2. The maximum Gasteiger partial charge on any atom is 0.349 e. The van der Waals surface area contributed by atoms with Crippen LogP contribution in [0, 0.1) is 12.8 Å². The Hall–Kier alpha value is -1.45. The van der Waals surface area contributed by atoms with Gasteiger partial charge in [-0.05, 0) is 23.8 Å². The summed E-state index contributed by atoms with van der Waals surface area (Å²) in [4.78, 5) is 22.5. The molecule has 0 amide bonds. The Balaban J connectivity index is 3.29. The molecule has 1 heterocycles. The summed E-state index contributed by atoms with van der Waals surface area (Å²) >= 11 is 0.938. The van der Waals surface area contributed by atoms with Crippen molar-refractivity contribution in [1.82, 2.24) is 4.72 Å². The minimum Gasteiger partial charge on any atom is -0.480 e. The van der Waals surface area contributed by atoms with Crippen LogP contribution in [-0.4, -0.2) is 38.6 Å². The second-order valence-corrected chi connectivity index (χ2v) is 7.28. The number of carbonyl (C=O) groups excluding carboxylic acids is 1. The van der Waals surface area contributed by atoms with E-state index in [0.717, 1.165) is 18.4 Å². The van der Waals surface area contributed by atoms with E-state index in [1.165, 1.54) is 12.3 Å². The number of rotatable bonds is 6. The van der Waals surface area contributed by atoms with Gasteiger partial charge in [0, 0.05) is 0 Å². The highest BCUT2D eigenvalue weighted by Crippen LogP contribution is 2.28. The van der Waals surface area contributed by atoms with E-state index in [2.05, 4.69) is 9.46 Å². The topological polar surface area (TPSA) is 110 Å². The summed E-state index contributed by atoms with van der Waals surface area (Å²) in [6.45, 7) is 4.70. The number of aryl methyl sites for hydroxylation is 1. The number of hydrogen-bond acceptors (Lipinski definition) is 6. The Morgan fingerprint density at radius 2 is 1.95 bits per heavy atom. The van der Waals surface area contributed by atoms with E-state index in [0.29, 0.717) is 5.56 Å². The smallest absolute Gasteiger partial charge is 0.349 e. The predicted molar refractivity (Wildman–Crippen MR) is 77.0 cm³/mol. The van der Waals surface area contributed by atoms with Crippen molar-refractivity contribution in [2.75, 3.05) is 7.11 Å². The molecule has 0 aliphatic carbocycles. The maximum atomic E-state index is 12.4. The third kappa shape index (κ3) is 3.80. The van der Waals surface area contributed by atoms with Crippen molar-refractivity contribution < 1.29 is 27.9 Å². The fraction of sp³-hybridized carbons (Fsp3) is 0.500. The number of methoxy groups -OCH3 is 1. The van der Waals surface area contributed by atoms with Crippen LogP contribution in [0.5, 0.6) is 0 Å². The first-order valence-corrected chi connectivity index (χ1v) is 8.39. The highest BCUT2D eigenvalue weighted by Gasteiger charge is 2.33. The second-order valence-electron chi connectivity index (χ2n) is 4.75. The maximum absolute atomic E-state index is 12.4. The number of hydrogen-bond donors (Lipinski definition) is 2. The average molecular weight is 335 g/mol. The lowest BCUT2D eigenvalue weighted by atomic mass is 10.1. The number of ether oxygens (including phenoxy) is 1. The van der Waals surface area contributed by atoms with Crippen molar-refractivity contribution in [3.05, 3.63) is 15.8 Å². The van der Waals surface area contributed by atoms with Crippen LogP contribution < -0.4 is 4.72 Å². The number of carboxylic acid groups (broad SMARTS) is 1. The number of carboxylic acids is 1. The zero-order chi connectivity index (χ0) is 16.4. The summed E-state index contributed by atoms with van der Waals surface area (Å²) < 4.78 is 31.5. The van der Waals surface area contributed by atoms with Crippen molar-refractivity contribution in [3.8, 4) is 0 Å². The van der Waals surface area contributed by atoms with Crippen molar-refractivity contribution >= 4 is 33.3 Å². The molecule has 1 rings (SSSR count). The van der Waals surface area contributed by atoms with Gasteiger partial charge in [-0.1, -0.05) is 13.8 Å². The van der Waals surface area contributed by atoms with Crippen LogP contribution in [0.15, 0.2) is 10.3 Å². The molecule has 0 aromatic carbocycles. The first-order chi connectivity index (χ1) is 9.61. The monoisotopic (exact) mass is 335 g/mol. The first-order valence-electron chi connectivity index (χ1n) is 6.03. The Labute approximate surface area is 127 Å². The van der Waals surface area contributed by atoms with Crippen LogP contribution in [0.1, 0.15) is 29.1 Å².